The lowest BCUT2D eigenvalue weighted by Gasteiger charge is -2.08. The number of hydrogen-bond acceptors (Lipinski definition) is 3. The molecule has 0 amide bonds. The van der Waals surface area contributed by atoms with Gasteiger partial charge in [-0.15, -0.1) is 0 Å². The van der Waals surface area contributed by atoms with Gasteiger partial charge in [0.2, 0.25) is 0 Å². The summed E-state index contributed by atoms with van der Waals surface area (Å²) in [5.41, 5.74) is 4.80. The maximum atomic E-state index is 11.0. The molecule has 22 heavy (non-hydrogen) atoms. The number of aromatic carboxylic acids is 1. The number of hydrogen-bond donors (Lipinski definition) is 1. The van der Waals surface area contributed by atoms with Crippen LogP contribution in [0.1, 0.15) is 40.9 Å². The van der Waals surface area contributed by atoms with Crippen molar-refractivity contribution in [3.05, 3.63) is 52.4 Å². The predicted octanol–water partition coefficient (Wildman–Crippen LogP) is 3.04. The Morgan fingerprint density at radius 2 is 2.23 bits per heavy atom. The lowest BCUT2D eigenvalue weighted by atomic mass is 9.98. The van der Waals surface area contributed by atoms with E-state index in [4.69, 9.17) is 5.11 Å². The van der Waals surface area contributed by atoms with E-state index in [0.717, 1.165) is 17.5 Å². The number of nitrogens with zero attached hydrogens (tertiary/aromatic N) is 3. The first-order valence-electron chi connectivity index (χ1n) is 7.05. The Morgan fingerprint density at radius 3 is 2.82 bits per heavy atom. The first kappa shape index (κ1) is 14.1. The van der Waals surface area contributed by atoms with Crippen molar-refractivity contribution in [2.45, 2.75) is 20.3 Å². The van der Waals surface area contributed by atoms with E-state index in [0.29, 0.717) is 17.2 Å². The highest BCUT2D eigenvalue weighted by Crippen LogP contribution is 2.33. The second kappa shape index (κ2) is 5.15. The van der Waals surface area contributed by atoms with Crippen LogP contribution >= 0.6 is 0 Å². The molecule has 1 heterocycles. The molecule has 1 aromatic carbocycles. The molecule has 5 nitrogen and oxygen atoms in total. The molecule has 2 aromatic rings. The highest BCUT2D eigenvalue weighted by Gasteiger charge is 2.20. The average molecular weight is 293 g/mol. The molecule has 0 spiro atoms. The van der Waals surface area contributed by atoms with Gasteiger partial charge in [0.05, 0.1) is 29.1 Å². The summed E-state index contributed by atoms with van der Waals surface area (Å²) < 4.78 is 1.49. The SMILES string of the molecule is CC(C)C1=Cc2cc(-n3cc(C(=O)O)cn3)cc(C#N)c2C1. The molecule has 110 valence electrons. The van der Waals surface area contributed by atoms with Crippen LogP contribution in [0.5, 0.6) is 0 Å². The van der Waals surface area contributed by atoms with Crippen LogP contribution in [0.4, 0.5) is 0 Å². The van der Waals surface area contributed by atoms with Crippen LogP contribution in [0.3, 0.4) is 0 Å². The van der Waals surface area contributed by atoms with Crippen LogP contribution in [-0.2, 0) is 6.42 Å². The van der Waals surface area contributed by atoms with Crippen molar-refractivity contribution >= 4 is 12.0 Å². The standard InChI is InChI=1S/C17H15N3O2/c1-10(2)11-3-12-4-15(5-13(7-18)16(12)6-11)20-9-14(8-19-20)17(21)22/h3-5,8-10H,6H2,1-2H3,(H,21,22). The molecular formula is C17H15N3O2. The van der Waals surface area contributed by atoms with Gasteiger partial charge in [-0.1, -0.05) is 25.5 Å². The van der Waals surface area contributed by atoms with Crippen molar-refractivity contribution in [1.29, 1.82) is 5.26 Å². The van der Waals surface area contributed by atoms with Gasteiger partial charge in [-0.25, -0.2) is 9.48 Å². The number of allylic oxidation sites excluding steroid dienone is 1. The van der Waals surface area contributed by atoms with Crippen LogP contribution in [0, 0.1) is 17.2 Å². The number of benzene rings is 1. The van der Waals surface area contributed by atoms with Crippen molar-refractivity contribution in [1.82, 2.24) is 9.78 Å². The molecule has 0 unspecified atom stereocenters. The van der Waals surface area contributed by atoms with Crippen LogP contribution in [0.25, 0.3) is 11.8 Å². The summed E-state index contributed by atoms with van der Waals surface area (Å²) in [5.74, 6) is -0.583. The van der Waals surface area contributed by atoms with E-state index in [1.165, 1.54) is 22.6 Å². The minimum atomic E-state index is -1.02. The molecule has 1 aliphatic rings. The highest BCUT2D eigenvalue weighted by atomic mass is 16.4. The minimum Gasteiger partial charge on any atom is -0.478 e. The van der Waals surface area contributed by atoms with E-state index >= 15 is 0 Å². The summed E-state index contributed by atoms with van der Waals surface area (Å²) in [5, 5.41) is 22.4. The van der Waals surface area contributed by atoms with E-state index in [-0.39, 0.29) is 5.56 Å². The number of aromatic nitrogens is 2. The normalized spacial score (nSPS) is 12.9. The van der Waals surface area contributed by atoms with Gasteiger partial charge < -0.3 is 5.11 Å². The number of carbonyl (C=O) groups is 1. The van der Waals surface area contributed by atoms with Crippen molar-refractivity contribution in [2.24, 2.45) is 5.92 Å². The molecule has 1 N–H and O–H groups in total. The summed E-state index contributed by atoms with van der Waals surface area (Å²) in [6.07, 6.45) is 5.67. The molecule has 0 saturated heterocycles. The Morgan fingerprint density at radius 1 is 1.45 bits per heavy atom. The van der Waals surface area contributed by atoms with Gasteiger partial charge in [-0.2, -0.15) is 10.4 Å². The molecule has 0 atom stereocenters. The molecule has 5 heteroatoms. The fraction of sp³-hybridized carbons (Fsp3) is 0.235. The number of fused-ring (bicyclic) bond motifs is 1. The third-order valence-corrected chi connectivity index (χ3v) is 3.95. The van der Waals surface area contributed by atoms with Gasteiger partial charge in [0, 0.05) is 6.20 Å². The fourth-order valence-corrected chi connectivity index (χ4v) is 2.64. The van der Waals surface area contributed by atoms with E-state index in [1.807, 2.05) is 6.07 Å². The third-order valence-electron chi connectivity index (χ3n) is 3.95. The maximum absolute atomic E-state index is 11.0. The van der Waals surface area contributed by atoms with Crippen LogP contribution in [0.15, 0.2) is 30.1 Å². The van der Waals surface area contributed by atoms with Crippen LogP contribution in [0.2, 0.25) is 0 Å². The highest BCUT2D eigenvalue weighted by molar-refractivity contribution is 5.87. The Hall–Kier alpha value is -2.87. The zero-order valence-electron chi connectivity index (χ0n) is 12.4. The van der Waals surface area contributed by atoms with E-state index in [9.17, 15) is 10.1 Å². The summed E-state index contributed by atoms with van der Waals surface area (Å²) in [6.45, 7) is 4.27. The molecule has 0 aliphatic heterocycles. The molecule has 3 rings (SSSR count). The number of nitriles is 1. The molecule has 1 aromatic heterocycles. The van der Waals surface area contributed by atoms with E-state index in [1.54, 1.807) is 6.07 Å². The zero-order chi connectivity index (χ0) is 15.9. The quantitative estimate of drug-likeness (QED) is 0.943. The fourth-order valence-electron chi connectivity index (χ4n) is 2.64. The van der Waals surface area contributed by atoms with Gasteiger partial charge in [-0.05, 0) is 35.6 Å². The van der Waals surface area contributed by atoms with Crippen molar-refractivity contribution in [3.63, 3.8) is 0 Å². The van der Waals surface area contributed by atoms with E-state index in [2.05, 4.69) is 31.1 Å². The molecule has 0 saturated carbocycles. The van der Waals surface area contributed by atoms with Gasteiger partial charge in [0.1, 0.15) is 0 Å². The summed E-state index contributed by atoms with van der Waals surface area (Å²) >= 11 is 0. The Labute approximate surface area is 128 Å². The predicted molar refractivity (Wildman–Crippen MR) is 81.8 cm³/mol. The molecule has 0 radical (unpaired) electrons. The molecule has 0 fully saturated rings. The lowest BCUT2D eigenvalue weighted by molar-refractivity contribution is 0.0697. The molecule has 1 aliphatic carbocycles. The summed E-state index contributed by atoms with van der Waals surface area (Å²) in [7, 11) is 0. The maximum Gasteiger partial charge on any atom is 0.338 e. The molecular weight excluding hydrogens is 278 g/mol. The number of carboxylic acid groups (broad SMARTS) is 1. The van der Waals surface area contributed by atoms with Crippen molar-refractivity contribution in [2.75, 3.05) is 0 Å². The van der Waals surface area contributed by atoms with Crippen molar-refractivity contribution in [3.8, 4) is 11.8 Å². The monoisotopic (exact) mass is 293 g/mol. The second-order valence-electron chi connectivity index (χ2n) is 5.70. The van der Waals surface area contributed by atoms with E-state index < -0.39 is 5.97 Å². The van der Waals surface area contributed by atoms with Crippen LogP contribution < -0.4 is 0 Å². The zero-order valence-corrected chi connectivity index (χ0v) is 12.4. The number of rotatable bonds is 3. The lowest BCUT2D eigenvalue weighted by Crippen LogP contribution is -2.00. The minimum absolute atomic E-state index is 0.123. The number of carboxylic acids is 1. The van der Waals surface area contributed by atoms with Gasteiger partial charge >= 0.3 is 5.97 Å². The van der Waals surface area contributed by atoms with Crippen LogP contribution in [-0.4, -0.2) is 20.9 Å². The smallest absolute Gasteiger partial charge is 0.338 e. The van der Waals surface area contributed by atoms with Gasteiger partial charge in [0.25, 0.3) is 0 Å². The Kier molecular flexibility index (Phi) is 3.30. The first-order valence-corrected chi connectivity index (χ1v) is 7.05. The third kappa shape index (κ3) is 2.29. The average Bonchev–Trinajstić information content (AvgIpc) is 3.12. The summed E-state index contributed by atoms with van der Waals surface area (Å²) in [4.78, 5) is 11.0. The Bertz CT molecular complexity index is 838. The molecule has 0 bridgehead atoms. The Balaban J connectivity index is 2.09. The van der Waals surface area contributed by atoms with Crippen molar-refractivity contribution < 1.29 is 9.90 Å². The summed E-state index contributed by atoms with van der Waals surface area (Å²) in [6, 6.07) is 5.94. The topological polar surface area (TPSA) is 78.9 Å². The first-order chi connectivity index (χ1) is 10.5. The van der Waals surface area contributed by atoms with Gasteiger partial charge in [-0.3, -0.25) is 0 Å². The largest absolute Gasteiger partial charge is 0.478 e. The van der Waals surface area contributed by atoms with Gasteiger partial charge in [0.15, 0.2) is 0 Å². The second-order valence-corrected chi connectivity index (χ2v) is 5.70.